The van der Waals surface area contributed by atoms with Crippen molar-refractivity contribution >= 4 is 33.2 Å². The number of nitrogens with zero attached hydrogens (tertiary/aromatic N) is 2. The number of rotatable bonds is 5. The lowest BCUT2D eigenvalue weighted by atomic mass is 10.1. The van der Waals surface area contributed by atoms with E-state index in [9.17, 15) is 0 Å². The Hall–Kier alpha value is -2.63. The van der Waals surface area contributed by atoms with Gasteiger partial charge in [0.2, 0.25) is 11.8 Å². The molecular weight excluding hydrogens is 438 g/mol. The zero-order chi connectivity index (χ0) is 19.5. The third-order valence-electron chi connectivity index (χ3n) is 4.36. The molecule has 0 spiro atoms. The molecule has 4 nitrogen and oxygen atoms in total. The van der Waals surface area contributed by atoms with Crippen LogP contribution in [0.2, 0.25) is 5.02 Å². The summed E-state index contributed by atoms with van der Waals surface area (Å²) in [5, 5.41) is 12.7. The number of halogens is 2. The third-order valence-corrected chi connectivity index (χ3v) is 5.48. The Kier molecular flexibility index (Phi) is 5.46. The lowest BCUT2D eigenvalue weighted by Gasteiger charge is -2.18. The van der Waals surface area contributed by atoms with E-state index in [1.54, 1.807) is 0 Å². The molecular formula is C22H17BrClN3O. The van der Waals surface area contributed by atoms with Crippen LogP contribution in [0.15, 0.2) is 81.7 Å². The van der Waals surface area contributed by atoms with E-state index in [2.05, 4.69) is 37.5 Å². The molecule has 0 saturated carbocycles. The lowest BCUT2D eigenvalue weighted by molar-refractivity contribution is 0.494. The van der Waals surface area contributed by atoms with E-state index in [1.165, 1.54) is 0 Å². The molecule has 1 aromatic heterocycles. The van der Waals surface area contributed by atoms with Gasteiger partial charge in [0.1, 0.15) is 6.04 Å². The Bertz CT molecular complexity index is 1100. The summed E-state index contributed by atoms with van der Waals surface area (Å²) in [5.74, 6) is 0.957. The maximum atomic E-state index is 6.23. The van der Waals surface area contributed by atoms with Crippen LogP contribution in [0.4, 0.5) is 5.69 Å². The van der Waals surface area contributed by atoms with Crippen molar-refractivity contribution in [2.75, 3.05) is 5.32 Å². The van der Waals surface area contributed by atoms with E-state index in [0.29, 0.717) is 16.8 Å². The van der Waals surface area contributed by atoms with Crippen molar-refractivity contribution in [1.29, 1.82) is 0 Å². The normalized spacial score (nSPS) is 12.0. The molecule has 3 aromatic carbocycles. The molecule has 0 bridgehead atoms. The second kappa shape index (κ2) is 8.17. The standard InChI is InChI=1S/C22H17BrClN3O/c1-14-12-18(10-11-19(14)23)25-20(16-8-5-9-17(24)13-16)22-27-26-21(28-22)15-6-3-2-4-7-15/h2-13,20,25H,1H3. The largest absolute Gasteiger partial charge is 0.418 e. The molecule has 0 saturated heterocycles. The Labute approximate surface area is 176 Å². The maximum Gasteiger partial charge on any atom is 0.247 e. The Morgan fingerprint density at radius 3 is 2.54 bits per heavy atom. The van der Waals surface area contributed by atoms with Crippen molar-refractivity contribution < 1.29 is 4.42 Å². The van der Waals surface area contributed by atoms with Gasteiger partial charge in [0.15, 0.2) is 0 Å². The van der Waals surface area contributed by atoms with Crippen LogP contribution in [0.25, 0.3) is 11.5 Å². The Morgan fingerprint density at radius 1 is 0.964 bits per heavy atom. The molecule has 0 amide bonds. The second-order valence-electron chi connectivity index (χ2n) is 6.41. The molecule has 4 aromatic rings. The van der Waals surface area contributed by atoms with Crippen molar-refractivity contribution in [2.45, 2.75) is 13.0 Å². The minimum atomic E-state index is -0.329. The number of aromatic nitrogens is 2. The van der Waals surface area contributed by atoms with Crippen LogP contribution < -0.4 is 5.32 Å². The van der Waals surface area contributed by atoms with Gasteiger partial charge in [0, 0.05) is 20.7 Å². The molecule has 4 rings (SSSR count). The van der Waals surface area contributed by atoms with Crippen LogP contribution in [0.3, 0.4) is 0 Å². The highest BCUT2D eigenvalue weighted by atomic mass is 79.9. The third kappa shape index (κ3) is 4.11. The molecule has 0 fully saturated rings. The first kappa shape index (κ1) is 18.7. The molecule has 28 heavy (non-hydrogen) atoms. The van der Waals surface area contributed by atoms with Gasteiger partial charge in [0.05, 0.1) is 0 Å². The SMILES string of the molecule is Cc1cc(NC(c2cccc(Cl)c2)c2nnc(-c3ccccc3)o2)ccc1Br. The first-order valence-electron chi connectivity index (χ1n) is 8.77. The molecule has 1 atom stereocenters. The molecule has 0 aliphatic heterocycles. The second-order valence-corrected chi connectivity index (χ2v) is 7.70. The molecule has 6 heteroatoms. The van der Waals surface area contributed by atoms with Crippen molar-refractivity contribution in [2.24, 2.45) is 0 Å². The number of nitrogens with one attached hydrogen (secondary N) is 1. The van der Waals surface area contributed by atoms with E-state index in [-0.39, 0.29) is 6.04 Å². The van der Waals surface area contributed by atoms with Crippen molar-refractivity contribution in [1.82, 2.24) is 10.2 Å². The van der Waals surface area contributed by atoms with Crippen LogP contribution in [-0.2, 0) is 0 Å². The predicted molar refractivity (Wildman–Crippen MR) is 116 cm³/mol. The van der Waals surface area contributed by atoms with Crippen LogP contribution in [0.5, 0.6) is 0 Å². The molecule has 0 aliphatic carbocycles. The van der Waals surface area contributed by atoms with Gasteiger partial charge in [-0.25, -0.2) is 0 Å². The summed E-state index contributed by atoms with van der Waals surface area (Å²) >= 11 is 9.76. The Balaban J connectivity index is 1.73. The summed E-state index contributed by atoms with van der Waals surface area (Å²) in [4.78, 5) is 0. The average Bonchev–Trinajstić information content (AvgIpc) is 3.19. The smallest absolute Gasteiger partial charge is 0.247 e. The molecule has 0 aliphatic rings. The summed E-state index contributed by atoms with van der Waals surface area (Å²) < 4.78 is 7.07. The van der Waals surface area contributed by atoms with E-state index in [4.69, 9.17) is 16.0 Å². The van der Waals surface area contributed by atoms with Crippen LogP contribution in [0.1, 0.15) is 23.1 Å². The van der Waals surface area contributed by atoms with E-state index in [1.807, 2.05) is 73.7 Å². The van der Waals surface area contributed by atoms with E-state index >= 15 is 0 Å². The van der Waals surface area contributed by atoms with Crippen LogP contribution in [0, 0.1) is 6.92 Å². The van der Waals surface area contributed by atoms with Crippen molar-refractivity contribution in [3.63, 3.8) is 0 Å². The number of anilines is 1. The molecule has 1 heterocycles. The number of hydrogen-bond acceptors (Lipinski definition) is 4. The fourth-order valence-corrected chi connectivity index (χ4v) is 3.37. The van der Waals surface area contributed by atoms with Gasteiger partial charge in [-0.05, 0) is 60.5 Å². The molecule has 1 unspecified atom stereocenters. The minimum absolute atomic E-state index is 0.329. The maximum absolute atomic E-state index is 6.23. The van der Waals surface area contributed by atoms with Crippen molar-refractivity contribution in [3.05, 3.63) is 99.3 Å². The van der Waals surface area contributed by atoms with Gasteiger partial charge in [-0.3, -0.25) is 0 Å². The minimum Gasteiger partial charge on any atom is -0.418 e. The summed E-state index contributed by atoms with van der Waals surface area (Å²) in [6.45, 7) is 2.05. The molecule has 0 radical (unpaired) electrons. The summed E-state index contributed by atoms with van der Waals surface area (Å²) in [6.07, 6.45) is 0. The van der Waals surface area contributed by atoms with Crippen LogP contribution in [-0.4, -0.2) is 10.2 Å². The number of benzene rings is 3. The summed E-state index contributed by atoms with van der Waals surface area (Å²) in [6, 6.07) is 23.1. The fourth-order valence-electron chi connectivity index (χ4n) is 2.92. The summed E-state index contributed by atoms with van der Waals surface area (Å²) in [5.41, 5.74) is 3.90. The first-order valence-corrected chi connectivity index (χ1v) is 9.94. The van der Waals surface area contributed by atoms with Gasteiger partial charge in [-0.2, -0.15) is 0 Å². The average molecular weight is 455 g/mol. The van der Waals surface area contributed by atoms with Gasteiger partial charge >= 0.3 is 0 Å². The van der Waals surface area contributed by atoms with Gasteiger partial charge < -0.3 is 9.73 Å². The Morgan fingerprint density at radius 2 is 1.79 bits per heavy atom. The van der Waals surface area contributed by atoms with Crippen molar-refractivity contribution in [3.8, 4) is 11.5 Å². The predicted octanol–water partition coefficient (Wildman–Crippen LogP) is 6.66. The molecule has 1 N–H and O–H groups in total. The molecule has 140 valence electrons. The highest BCUT2D eigenvalue weighted by Gasteiger charge is 2.22. The first-order chi connectivity index (χ1) is 13.6. The van der Waals surface area contributed by atoms with Gasteiger partial charge in [0.25, 0.3) is 0 Å². The fraction of sp³-hybridized carbons (Fsp3) is 0.0909. The quantitative estimate of drug-likeness (QED) is 0.366. The monoisotopic (exact) mass is 453 g/mol. The van der Waals surface area contributed by atoms with E-state index in [0.717, 1.165) is 26.9 Å². The van der Waals surface area contributed by atoms with Gasteiger partial charge in [-0.15, -0.1) is 10.2 Å². The number of aryl methyl sites for hydroxylation is 1. The summed E-state index contributed by atoms with van der Waals surface area (Å²) in [7, 11) is 0. The zero-order valence-electron chi connectivity index (χ0n) is 15.1. The lowest BCUT2D eigenvalue weighted by Crippen LogP contribution is -2.13. The highest BCUT2D eigenvalue weighted by Crippen LogP contribution is 2.31. The number of hydrogen-bond donors (Lipinski definition) is 1. The van der Waals surface area contributed by atoms with Crippen LogP contribution >= 0.6 is 27.5 Å². The highest BCUT2D eigenvalue weighted by molar-refractivity contribution is 9.10. The zero-order valence-corrected chi connectivity index (χ0v) is 17.4. The topological polar surface area (TPSA) is 51.0 Å². The van der Waals surface area contributed by atoms with Gasteiger partial charge in [-0.1, -0.05) is 57.9 Å². The van der Waals surface area contributed by atoms with E-state index < -0.39 is 0 Å².